The van der Waals surface area contributed by atoms with E-state index in [1.54, 1.807) is 14.1 Å². The minimum atomic E-state index is -1.69. The predicted molar refractivity (Wildman–Crippen MR) is 56.2 cm³/mol. The van der Waals surface area contributed by atoms with Crippen molar-refractivity contribution in [2.45, 2.75) is 4.90 Å². The highest BCUT2D eigenvalue weighted by Crippen LogP contribution is 2.28. The van der Waals surface area contributed by atoms with Crippen LogP contribution in [0.25, 0.3) is 0 Å². The van der Waals surface area contributed by atoms with Crippen molar-refractivity contribution < 1.29 is 17.6 Å². The summed E-state index contributed by atoms with van der Waals surface area (Å²) in [5.74, 6) is -6.48. The summed E-state index contributed by atoms with van der Waals surface area (Å²) in [5, 5.41) is 0. The monoisotopic (exact) mass is 270 g/mol. The van der Waals surface area contributed by atoms with E-state index < -0.39 is 28.4 Å². The lowest BCUT2D eigenvalue weighted by atomic mass is 10.4. The number of pyridine rings is 1. The highest BCUT2D eigenvalue weighted by molar-refractivity contribution is 8.22. The molecule has 0 amide bonds. The summed E-state index contributed by atoms with van der Waals surface area (Å²) in [4.78, 5) is 2.99. The molecule has 1 heterocycles. The first-order valence-electron chi connectivity index (χ1n) is 3.93. The van der Waals surface area contributed by atoms with Crippen LogP contribution in [-0.4, -0.2) is 28.3 Å². The first-order chi connectivity index (χ1) is 7.34. The van der Waals surface area contributed by atoms with Crippen LogP contribution < -0.4 is 0 Å². The number of aromatic nitrogens is 1. The number of halogens is 4. The molecule has 1 aromatic rings. The molecular weight excluding hydrogens is 264 g/mol. The third kappa shape index (κ3) is 2.62. The molecule has 0 saturated heterocycles. The zero-order valence-electron chi connectivity index (χ0n) is 8.22. The molecule has 0 bridgehead atoms. The van der Waals surface area contributed by atoms with E-state index in [0.717, 1.165) is 0 Å². The summed E-state index contributed by atoms with van der Waals surface area (Å²) in [7, 11) is 3.08. The van der Waals surface area contributed by atoms with Crippen LogP contribution in [0.15, 0.2) is 4.90 Å². The van der Waals surface area contributed by atoms with E-state index in [9.17, 15) is 17.6 Å². The smallest absolute Gasteiger partial charge is 0.252 e. The molecule has 0 aromatic carbocycles. The lowest BCUT2D eigenvalue weighted by Crippen LogP contribution is -2.17. The van der Waals surface area contributed by atoms with E-state index in [1.165, 1.54) is 4.90 Å². The van der Waals surface area contributed by atoms with E-state index in [0.29, 0.717) is 11.8 Å². The summed E-state index contributed by atoms with van der Waals surface area (Å²) in [6, 6.07) is 0. The minimum Gasteiger partial charge on any atom is -0.363 e. The van der Waals surface area contributed by atoms with E-state index in [4.69, 9.17) is 12.2 Å². The molecule has 88 valence electrons. The van der Waals surface area contributed by atoms with Crippen LogP contribution in [0.2, 0.25) is 0 Å². The second kappa shape index (κ2) is 4.96. The number of hydrogen-bond donors (Lipinski definition) is 0. The predicted octanol–water partition coefficient (Wildman–Crippen LogP) is 2.58. The minimum absolute atomic E-state index is 0.0720. The van der Waals surface area contributed by atoms with Crippen molar-refractivity contribution in [3.05, 3.63) is 23.5 Å². The number of nitrogens with zero attached hydrogens (tertiary/aromatic N) is 2. The SMILES string of the molecule is CN(C)C(=S)Sc1c(F)c(F)nc(F)c1F. The first-order valence-corrected chi connectivity index (χ1v) is 5.16. The fourth-order valence-corrected chi connectivity index (χ4v) is 1.69. The second-order valence-electron chi connectivity index (χ2n) is 2.91. The van der Waals surface area contributed by atoms with Gasteiger partial charge in [0.05, 0.1) is 4.90 Å². The molecule has 1 rings (SSSR count). The Morgan fingerprint density at radius 2 is 1.56 bits per heavy atom. The number of rotatable bonds is 1. The van der Waals surface area contributed by atoms with Gasteiger partial charge in [0.2, 0.25) is 0 Å². The lowest BCUT2D eigenvalue weighted by Gasteiger charge is -2.13. The molecule has 0 N–H and O–H groups in total. The van der Waals surface area contributed by atoms with E-state index in [1.807, 2.05) is 0 Å². The molecule has 0 aliphatic carbocycles. The van der Waals surface area contributed by atoms with Gasteiger partial charge >= 0.3 is 0 Å². The largest absolute Gasteiger partial charge is 0.363 e. The van der Waals surface area contributed by atoms with Crippen molar-refractivity contribution in [1.82, 2.24) is 9.88 Å². The lowest BCUT2D eigenvalue weighted by molar-refractivity contribution is 0.383. The molecule has 8 heteroatoms. The molecule has 0 spiro atoms. The topological polar surface area (TPSA) is 16.1 Å². The standard InChI is InChI=1S/C8H6F4N2S2/c1-14(2)8(15)16-5-3(9)6(11)13-7(12)4(5)10/h1-2H3. The third-order valence-corrected chi connectivity index (χ3v) is 3.23. The Bertz CT molecular complexity index is 410. The van der Waals surface area contributed by atoms with Crippen molar-refractivity contribution in [2.75, 3.05) is 14.1 Å². The summed E-state index contributed by atoms with van der Waals surface area (Å²) in [6.07, 6.45) is 0. The highest BCUT2D eigenvalue weighted by Gasteiger charge is 2.22. The normalized spacial score (nSPS) is 10.4. The Morgan fingerprint density at radius 3 is 1.94 bits per heavy atom. The van der Waals surface area contributed by atoms with Crippen LogP contribution in [-0.2, 0) is 0 Å². The Morgan fingerprint density at radius 1 is 1.12 bits per heavy atom. The average Bonchev–Trinajstić information content (AvgIpc) is 2.21. The van der Waals surface area contributed by atoms with E-state index >= 15 is 0 Å². The van der Waals surface area contributed by atoms with Crippen molar-refractivity contribution in [1.29, 1.82) is 0 Å². The molecule has 0 fully saturated rings. The molecule has 0 saturated carbocycles. The maximum atomic E-state index is 13.1. The Balaban J connectivity index is 3.18. The summed E-state index contributed by atoms with van der Waals surface area (Å²) in [5.41, 5.74) is 0. The van der Waals surface area contributed by atoms with Crippen LogP contribution >= 0.6 is 24.0 Å². The van der Waals surface area contributed by atoms with Crippen molar-refractivity contribution in [3.63, 3.8) is 0 Å². The summed E-state index contributed by atoms with van der Waals surface area (Å²) >= 11 is 5.18. The number of thiocarbonyl (C=S) groups is 1. The van der Waals surface area contributed by atoms with Crippen LogP contribution in [0.5, 0.6) is 0 Å². The maximum absolute atomic E-state index is 13.1. The molecule has 16 heavy (non-hydrogen) atoms. The molecule has 0 unspecified atom stereocenters. The summed E-state index contributed by atoms with van der Waals surface area (Å²) < 4.78 is 51.7. The second-order valence-corrected chi connectivity index (χ2v) is 4.56. The average molecular weight is 270 g/mol. The van der Waals surface area contributed by atoms with Crippen LogP contribution in [0.4, 0.5) is 17.6 Å². The zero-order valence-corrected chi connectivity index (χ0v) is 9.86. The Hall–Kier alpha value is -0.890. The van der Waals surface area contributed by atoms with Gasteiger partial charge in [-0.05, 0) is 0 Å². The number of hydrogen-bond acceptors (Lipinski definition) is 3. The Kier molecular flexibility index (Phi) is 4.09. The van der Waals surface area contributed by atoms with Gasteiger partial charge < -0.3 is 4.90 Å². The fourth-order valence-electron chi connectivity index (χ4n) is 0.736. The van der Waals surface area contributed by atoms with E-state index in [2.05, 4.69) is 4.98 Å². The first kappa shape index (κ1) is 13.2. The molecule has 0 radical (unpaired) electrons. The molecule has 2 nitrogen and oxygen atoms in total. The third-order valence-electron chi connectivity index (χ3n) is 1.51. The van der Waals surface area contributed by atoms with Gasteiger partial charge in [-0.25, -0.2) is 8.78 Å². The Labute approximate surface area is 98.6 Å². The van der Waals surface area contributed by atoms with Crippen LogP contribution in [0, 0.1) is 23.5 Å². The van der Waals surface area contributed by atoms with Crippen molar-refractivity contribution in [2.24, 2.45) is 0 Å². The van der Waals surface area contributed by atoms with Gasteiger partial charge in [0.15, 0.2) is 11.6 Å². The maximum Gasteiger partial charge on any atom is 0.252 e. The van der Waals surface area contributed by atoms with E-state index in [-0.39, 0.29) is 4.32 Å². The van der Waals surface area contributed by atoms with Gasteiger partial charge in [0.25, 0.3) is 11.9 Å². The molecule has 0 aliphatic heterocycles. The van der Waals surface area contributed by atoms with Gasteiger partial charge in [-0.2, -0.15) is 13.8 Å². The molecular formula is C8H6F4N2S2. The molecule has 1 aromatic heterocycles. The fraction of sp³-hybridized carbons (Fsp3) is 0.250. The van der Waals surface area contributed by atoms with Crippen molar-refractivity contribution in [3.8, 4) is 0 Å². The van der Waals surface area contributed by atoms with Gasteiger partial charge in [-0.3, -0.25) is 0 Å². The van der Waals surface area contributed by atoms with Gasteiger partial charge in [-0.15, -0.1) is 0 Å². The quantitative estimate of drug-likeness (QED) is 0.337. The van der Waals surface area contributed by atoms with Crippen molar-refractivity contribution >= 4 is 28.3 Å². The zero-order chi connectivity index (χ0) is 12.5. The molecule has 0 aliphatic rings. The van der Waals surface area contributed by atoms with Crippen LogP contribution in [0.1, 0.15) is 0 Å². The highest BCUT2D eigenvalue weighted by atomic mass is 32.2. The molecule has 0 atom stereocenters. The van der Waals surface area contributed by atoms with Gasteiger partial charge in [0, 0.05) is 14.1 Å². The number of thioether (sulfide) groups is 1. The van der Waals surface area contributed by atoms with Crippen LogP contribution in [0.3, 0.4) is 0 Å². The van der Waals surface area contributed by atoms with Gasteiger partial charge in [-0.1, -0.05) is 24.0 Å². The summed E-state index contributed by atoms with van der Waals surface area (Å²) in [6.45, 7) is 0. The van der Waals surface area contributed by atoms with Gasteiger partial charge in [0.1, 0.15) is 4.32 Å².